The number of hydrogen-bond donors (Lipinski definition) is 1. The topological polar surface area (TPSA) is 66.5 Å². The summed E-state index contributed by atoms with van der Waals surface area (Å²) in [4.78, 5) is 13.7. The lowest BCUT2D eigenvalue weighted by Crippen LogP contribution is -2.34. The van der Waals surface area contributed by atoms with E-state index in [1.54, 1.807) is 48.5 Å². The third-order valence-corrected chi connectivity index (χ3v) is 7.88. The molecule has 36 heavy (non-hydrogen) atoms. The summed E-state index contributed by atoms with van der Waals surface area (Å²) in [5.41, 5.74) is 3.43. The Balaban J connectivity index is 1.76. The van der Waals surface area contributed by atoms with E-state index in [1.165, 1.54) is 4.31 Å². The van der Waals surface area contributed by atoms with Gasteiger partial charge in [0.15, 0.2) is 0 Å². The van der Waals surface area contributed by atoms with Gasteiger partial charge in [-0.15, -0.1) is 0 Å². The number of sulfonamides is 1. The minimum Gasteiger partial charge on any atom is -0.345 e. The van der Waals surface area contributed by atoms with Gasteiger partial charge in [-0.1, -0.05) is 97.4 Å². The van der Waals surface area contributed by atoms with Gasteiger partial charge in [0.2, 0.25) is 0 Å². The Bertz CT molecular complexity index is 1400. The second-order valence-electron chi connectivity index (χ2n) is 8.67. The molecule has 0 radical (unpaired) electrons. The molecule has 0 fully saturated rings. The second kappa shape index (κ2) is 11.2. The monoisotopic (exact) mass is 498 g/mol. The molecule has 4 aromatic carbocycles. The molecule has 1 unspecified atom stereocenters. The number of benzene rings is 4. The summed E-state index contributed by atoms with van der Waals surface area (Å²) in [6, 6.07) is 32.6. The number of aryl methyl sites for hydroxylation is 1. The van der Waals surface area contributed by atoms with Gasteiger partial charge >= 0.3 is 0 Å². The number of rotatable bonds is 9. The molecule has 1 N–H and O–H groups in total. The lowest BCUT2D eigenvalue weighted by atomic mass is 10.0. The van der Waals surface area contributed by atoms with Gasteiger partial charge in [0.05, 0.1) is 28.7 Å². The molecule has 1 atom stereocenters. The lowest BCUT2D eigenvalue weighted by Gasteiger charge is -2.27. The average molecular weight is 499 g/mol. The van der Waals surface area contributed by atoms with Crippen molar-refractivity contribution in [3.05, 3.63) is 131 Å². The largest absolute Gasteiger partial charge is 0.345 e. The van der Waals surface area contributed by atoms with E-state index in [1.807, 2.05) is 74.5 Å². The van der Waals surface area contributed by atoms with Crippen LogP contribution in [0.2, 0.25) is 0 Å². The number of nitrogens with one attached hydrogen (secondary N) is 1. The standard InChI is InChI=1S/C30H30N2O3S/c1-3-28(25-14-8-5-9-15-25)31-30(33)27-16-10-11-17-29(27)32(22-24-12-6-4-7-13-24)36(34,35)26-20-18-23(2)19-21-26/h4-21,28H,3,22H2,1-2H3,(H,31,33). The maximum absolute atomic E-state index is 13.9. The summed E-state index contributed by atoms with van der Waals surface area (Å²) in [5, 5.41) is 3.10. The SMILES string of the molecule is CCC(NC(=O)c1ccccc1N(Cc1ccccc1)S(=O)(=O)c1ccc(C)cc1)c1ccccc1. The highest BCUT2D eigenvalue weighted by Gasteiger charge is 2.29. The highest BCUT2D eigenvalue weighted by atomic mass is 32.2. The zero-order chi connectivity index (χ0) is 25.5. The molecule has 0 bridgehead atoms. The fourth-order valence-corrected chi connectivity index (χ4v) is 5.58. The number of anilines is 1. The van der Waals surface area contributed by atoms with Crippen LogP contribution in [0.1, 0.15) is 46.4 Å². The second-order valence-corrected chi connectivity index (χ2v) is 10.5. The smallest absolute Gasteiger partial charge is 0.264 e. The molecule has 6 heteroatoms. The number of nitrogens with zero attached hydrogens (tertiary/aromatic N) is 1. The van der Waals surface area contributed by atoms with Gasteiger partial charge in [-0.05, 0) is 48.7 Å². The summed E-state index contributed by atoms with van der Waals surface area (Å²) in [7, 11) is -3.96. The Kier molecular flexibility index (Phi) is 7.86. The number of carbonyl (C=O) groups excluding carboxylic acids is 1. The fourth-order valence-electron chi connectivity index (χ4n) is 4.11. The van der Waals surface area contributed by atoms with Gasteiger partial charge < -0.3 is 5.32 Å². The zero-order valence-corrected chi connectivity index (χ0v) is 21.3. The van der Waals surface area contributed by atoms with E-state index in [9.17, 15) is 13.2 Å². The Morgan fingerprint density at radius 3 is 2.03 bits per heavy atom. The van der Waals surface area contributed by atoms with E-state index in [0.29, 0.717) is 17.7 Å². The van der Waals surface area contributed by atoms with Crippen LogP contribution in [0.4, 0.5) is 5.69 Å². The van der Waals surface area contributed by atoms with Gasteiger partial charge in [0, 0.05) is 0 Å². The molecular weight excluding hydrogens is 468 g/mol. The van der Waals surface area contributed by atoms with Crippen LogP contribution in [0.5, 0.6) is 0 Å². The first-order chi connectivity index (χ1) is 17.4. The van der Waals surface area contributed by atoms with Crippen molar-refractivity contribution < 1.29 is 13.2 Å². The van der Waals surface area contributed by atoms with Crippen LogP contribution in [0.25, 0.3) is 0 Å². The van der Waals surface area contributed by atoms with Crippen LogP contribution < -0.4 is 9.62 Å². The summed E-state index contributed by atoms with van der Waals surface area (Å²) in [6.07, 6.45) is 0.702. The third-order valence-electron chi connectivity index (χ3n) is 6.11. The van der Waals surface area contributed by atoms with E-state index >= 15 is 0 Å². The van der Waals surface area contributed by atoms with Crippen molar-refractivity contribution in [2.75, 3.05) is 4.31 Å². The van der Waals surface area contributed by atoms with Gasteiger partial charge in [-0.2, -0.15) is 0 Å². The van der Waals surface area contributed by atoms with Crippen LogP contribution in [-0.4, -0.2) is 14.3 Å². The van der Waals surface area contributed by atoms with Gasteiger partial charge in [-0.25, -0.2) is 8.42 Å². The van der Waals surface area contributed by atoms with Crippen molar-refractivity contribution in [1.82, 2.24) is 5.32 Å². The zero-order valence-electron chi connectivity index (χ0n) is 20.5. The van der Waals surface area contributed by atoms with Crippen molar-refractivity contribution in [2.45, 2.75) is 37.8 Å². The predicted octanol–water partition coefficient (Wildman–Crippen LogP) is 6.27. The minimum absolute atomic E-state index is 0.0945. The molecule has 5 nitrogen and oxygen atoms in total. The van der Waals surface area contributed by atoms with Crippen molar-refractivity contribution >= 4 is 21.6 Å². The molecule has 0 heterocycles. The van der Waals surface area contributed by atoms with Gasteiger partial charge in [-0.3, -0.25) is 9.10 Å². The molecule has 4 aromatic rings. The van der Waals surface area contributed by atoms with E-state index in [0.717, 1.165) is 16.7 Å². The van der Waals surface area contributed by atoms with Crippen LogP contribution >= 0.6 is 0 Å². The first-order valence-electron chi connectivity index (χ1n) is 12.0. The quantitative estimate of drug-likeness (QED) is 0.296. The first-order valence-corrected chi connectivity index (χ1v) is 13.4. The molecular formula is C30H30N2O3S. The van der Waals surface area contributed by atoms with E-state index in [-0.39, 0.29) is 23.4 Å². The minimum atomic E-state index is -3.96. The maximum atomic E-state index is 13.9. The highest BCUT2D eigenvalue weighted by molar-refractivity contribution is 7.92. The molecule has 0 saturated carbocycles. The first kappa shape index (κ1) is 25.2. The van der Waals surface area contributed by atoms with Crippen LogP contribution in [-0.2, 0) is 16.6 Å². The van der Waals surface area contributed by atoms with E-state index < -0.39 is 10.0 Å². The van der Waals surface area contributed by atoms with Crippen LogP contribution in [0.3, 0.4) is 0 Å². The Hall–Kier alpha value is -3.90. The fraction of sp³-hybridized carbons (Fsp3) is 0.167. The number of hydrogen-bond acceptors (Lipinski definition) is 3. The molecule has 0 aromatic heterocycles. The molecule has 4 rings (SSSR count). The molecule has 0 saturated heterocycles. The summed E-state index contributed by atoms with van der Waals surface area (Å²) in [5.74, 6) is -0.321. The van der Waals surface area contributed by atoms with Gasteiger partial charge in [0.1, 0.15) is 0 Å². The van der Waals surface area contributed by atoms with Crippen molar-refractivity contribution in [3.8, 4) is 0 Å². The van der Waals surface area contributed by atoms with Crippen molar-refractivity contribution in [1.29, 1.82) is 0 Å². The van der Waals surface area contributed by atoms with Crippen LogP contribution in [0, 0.1) is 6.92 Å². The summed E-state index contributed by atoms with van der Waals surface area (Å²) in [6.45, 7) is 4.01. The van der Waals surface area contributed by atoms with Crippen molar-refractivity contribution in [2.24, 2.45) is 0 Å². The molecule has 0 aliphatic rings. The average Bonchev–Trinajstić information content (AvgIpc) is 2.91. The molecule has 1 amide bonds. The number of para-hydroxylation sites is 1. The molecule has 184 valence electrons. The Labute approximate surface area is 213 Å². The lowest BCUT2D eigenvalue weighted by molar-refractivity contribution is 0.0936. The summed E-state index contributed by atoms with van der Waals surface area (Å²) < 4.78 is 29.2. The Morgan fingerprint density at radius 1 is 0.806 bits per heavy atom. The van der Waals surface area contributed by atoms with E-state index in [2.05, 4.69) is 5.32 Å². The Morgan fingerprint density at radius 2 is 1.39 bits per heavy atom. The predicted molar refractivity (Wildman–Crippen MR) is 144 cm³/mol. The highest BCUT2D eigenvalue weighted by Crippen LogP contribution is 2.30. The maximum Gasteiger partial charge on any atom is 0.264 e. The summed E-state index contributed by atoms with van der Waals surface area (Å²) >= 11 is 0. The van der Waals surface area contributed by atoms with Crippen molar-refractivity contribution in [3.63, 3.8) is 0 Å². The molecule has 0 aliphatic carbocycles. The van der Waals surface area contributed by atoms with E-state index in [4.69, 9.17) is 0 Å². The number of amides is 1. The molecule has 0 aliphatic heterocycles. The third kappa shape index (κ3) is 5.66. The molecule has 0 spiro atoms. The normalized spacial score (nSPS) is 12.1. The number of carbonyl (C=O) groups is 1. The van der Waals surface area contributed by atoms with Gasteiger partial charge in [0.25, 0.3) is 15.9 Å². The van der Waals surface area contributed by atoms with Crippen LogP contribution in [0.15, 0.2) is 114 Å².